The lowest BCUT2D eigenvalue weighted by Gasteiger charge is -2.32. The molecule has 0 aromatic heterocycles. The summed E-state index contributed by atoms with van der Waals surface area (Å²) in [5.74, 6) is -3.08. The second kappa shape index (κ2) is 2.59. The van der Waals surface area contributed by atoms with Crippen molar-refractivity contribution < 1.29 is 19.2 Å². The van der Waals surface area contributed by atoms with Crippen molar-refractivity contribution in [2.24, 2.45) is 10.8 Å². The Labute approximate surface area is 81.7 Å². The van der Waals surface area contributed by atoms with Gasteiger partial charge in [0.05, 0.1) is 10.8 Å². The van der Waals surface area contributed by atoms with Gasteiger partial charge in [-0.2, -0.15) is 0 Å². The summed E-state index contributed by atoms with van der Waals surface area (Å²) in [5.41, 5.74) is -2.96. The number of hydrogen-bond acceptors (Lipinski definition) is 4. The molecule has 0 saturated heterocycles. The Morgan fingerprint density at radius 2 is 0.714 bits per heavy atom. The van der Waals surface area contributed by atoms with Gasteiger partial charge in [0, 0.05) is 0 Å². The number of hydrogen-bond donors (Lipinski definition) is 0. The van der Waals surface area contributed by atoms with E-state index in [4.69, 9.17) is 0 Å². The van der Waals surface area contributed by atoms with Crippen molar-refractivity contribution in [3.63, 3.8) is 0 Å². The quantitative estimate of drug-likeness (QED) is 0.413. The lowest BCUT2D eigenvalue weighted by molar-refractivity contribution is -0.162. The maximum atomic E-state index is 11.5. The zero-order valence-electron chi connectivity index (χ0n) is 8.63. The third-order valence-corrected chi connectivity index (χ3v) is 2.68. The van der Waals surface area contributed by atoms with Crippen molar-refractivity contribution in [2.45, 2.75) is 27.7 Å². The molecule has 4 nitrogen and oxygen atoms in total. The number of rotatable bonds is 0. The van der Waals surface area contributed by atoms with Crippen LogP contribution in [0.5, 0.6) is 0 Å². The van der Waals surface area contributed by atoms with E-state index in [2.05, 4.69) is 0 Å². The summed E-state index contributed by atoms with van der Waals surface area (Å²) in [5, 5.41) is 0. The van der Waals surface area contributed by atoms with Crippen molar-refractivity contribution in [1.82, 2.24) is 0 Å². The lowest BCUT2D eigenvalue weighted by atomic mass is 9.63. The van der Waals surface area contributed by atoms with E-state index < -0.39 is 34.0 Å². The number of ketones is 4. The van der Waals surface area contributed by atoms with Crippen molar-refractivity contribution in [2.75, 3.05) is 0 Å². The Kier molecular flexibility index (Phi) is 1.99. The molecule has 1 aliphatic carbocycles. The Morgan fingerprint density at radius 1 is 0.571 bits per heavy atom. The molecule has 1 rings (SSSR count). The number of carbonyl (C=O) groups excluding carboxylic acids is 4. The van der Waals surface area contributed by atoms with Gasteiger partial charge >= 0.3 is 0 Å². The largest absolute Gasteiger partial charge is 0.290 e. The summed E-state index contributed by atoms with van der Waals surface area (Å²) >= 11 is 0. The lowest BCUT2D eigenvalue weighted by Crippen LogP contribution is -2.57. The van der Waals surface area contributed by atoms with Crippen molar-refractivity contribution in [3.05, 3.63) is 0 Å². The molecule has 0 unspecified atom stereocenters. The maximum absolute atomic E-state index is 11.5. The molecule has 1 saturated carbocycles. The smallest absolute Gasteiger partial charge is 0.212 e. The van der Waals surface area contributed by atoms with Crippen LogP contribution < -0.4 is 0 Å². The predicted molar refractivity (Wildman–Crippen MR) is 47.6 cm³/mol. The van der Waals surface area contributed by atoms with Gasteiger partial charge in [-0.05, 0) is 27.7 Å². The maximum Gasteiger partial charge on any atom is 0.212 e. The summed E-state index contributed by atoms with van der Waals surface area (Å²) in [6.07, 6.45) is 0. The second-order valence-electron chi connectivity index (χ2n) is 4.57. The van der Waals surface area contributed by atoms with Crippen LogP contribution in [0.1, 0.15) is 27.7 Å². The molecule has 0 aromatic carbocycles. The Morgan fingerprint density at radius 3 is 0.857 bits per heavy atom. The van der Waals surface area contributed by atoms with Gasteiger partial charge in [0.25, 0.3) is 0 Å². The van der Waals surface area contributed by atoms with E-state index in [1.165, 1.54) is 27.7 Å². The summed E-state index contributed by atoms with van der Waals surface area (Å²) < 4.78 is 0. The highest BCUT2D eigenvalue weighted by atomic mass is 16.2. The van der Waals surface area contributed by atoms with Crippen LogP contribution in [0.4, 0.5) is 0 Å². The molecule has 0 amide bonds. The molecule has 14 heavy (non-hydrogen) atoms. The van der Waals surface area contributed by atoms with E-state index in [0.717, 1.165) is 0 Å². The van der Waals surface area contributed by atoms with Crippen LogP contribution in [0, 0.1) is 10.8 Å². The predicted octanol–water partition coefficient (Wildman–Crippen LogP) is 0.329. The third kappa shape index (κ3) is 1.06. The first-order valence-electron chi connectivity index (χ1n) is 4.32. The SMILES string of the molecule is CC1(C)C(=O)C(=O)C(C)(C)C(=O)C1=O. The topological polar surface area (TPSA) is 68.3 Å². The van der Waals surface area contributed by atoms with Crippen LogP contribution in [-0.2, 0) is 19.2 Å². The average molecular weight is 196 g/mol. The fourth-order valence-electron chi connectivity index (χ4n) is 1.34. The van der Waals surface area contributed by atoms with Gasteiger partial charge in [0.1, 0.15) is 0 Å². The van der Waals surface area contributed by atoms with E-state index >= 15 is 0 Å². The average Bonchev–Trinajstić information content (AvgIpc) is 2.11. The van der Waals surface area contributed by atoms with Crippen LogP contribution in [0.15, 0.2) is 0 Å². The molecule has 1 aliphatic rings. The van der Waals surface area contributed by atoms with Gasteiger partial charge < -0.3 is 0 Å². The van der Waals surface area contributed by atoms with E-state index in [9.17, 15) is 19.2 Å². The third-order valence-electron chi connectivity index (χ3n) is 2.68. The summed E-state index contributed by atoms with van der Waals surface area (Å²) in [6, 6.07) is 0. The molecule has 0 aromatic rings. The van der Waals surface area contributed by atoms with Crippen LogP contribution in [0.3, 0.4) is 0 Å². The van der Waals surface area contributed by atoms with Gasteiger partial charge in [-0.25, -0.2) is 0 Å². The van der Waals surface area contributed by atoms with Gasteiger partial charge in [0.15, 0.2) is 0 Å². The van der Waals surface area contributed by atoms with Crippen molar-refractivity contribution in [3.8, 4) is 0 Å². The van der Waals surface area contributed by atoms with E-state index in [-0.39, 0.29) is 0 Å². The van der Waals surface area contributed by atoms with Crippen molar-refractivity contribution in [1.29, 1.82) is 0 Å². The van der Waals surface area contributed by atoms with E-state index in [0.29, 0.717) is 0 Å². The Bertz CT molecular complexity index is 292. The van der Waals surface area contributed by atoms with Crippen molar-refractivity contribution >= 4 is 23.1 Å². The van der Waals surface area contributed by atoms with Gasteiger partial charge in [-0.3, -0.25) is 19.2 Å². The molecule has 0 aliphatic heterocycles. The molecule has 0 spiro atoms. The molecule has 4 heteroatoms. The monoisotopic (exact) mass is 196 g/mol. The molecular weight excluding hydrogens is 184 g/mol. The Hall–Kier alpha value is -1.32. The second-order valence-corrected chi connectivity index (χ2v) is 4.57. The molecule has 0 atom stereocenters. The van der Waals surface area contributed by atoms with Gasteiger partial charge in [0.2, 0.25) is 23.1 Å². The summed E-state index contributed by atoms with van der Waals surface area (Å²) in [4.78, 5) is 46.0. The molecule has 0 N–H and O–H groups in total. The first kappa shape index (κ1) is 10.8. The molecule has 1 fully saturated rings. The molecule has 0 radical (unpaired) electrons. The highest BCUT2D eigenvalue weighted by Crippen LogP contribution is 2.34. The zero-order valence-corrected chi connectivity index (χ0v) is 8.63. The minimum absolute atomic E-state index is 0.771. The minimum atomic E-state index is -1.48. The van der Waals surface area contributed by atoms with Crippen LogP contribution in [0.2, 0.25) is 0 Å². The van der Waals surface area contributed by atoms with E-state index in [1.807, 2.05) is 0 Å². The zero-order chi connectivity index (χ0) is 11.3. The molecule has 76 valence electrons. The standard InChI is InChI=1S/C10H12O4/c1-9(2)5(11)7(13)10(3,4)8(14)6(9)12/h1-4H3. The summed E-state index contributed by atoms with van der Waals surface area (Å²) in [6.45, 7) is 5.23. The van der Waals surface area contributed by atoms with Crippen LogP contribution >= 0.6 is 0 Å². The van der Waals surface area contributed by atoms with E-state index in [1.54, 1.807) is 0 Å². The molecule has 0 heterocycles. The first-order chi connectivity index (χ1) is 6.13. The summed E-state index contributed by atoms with van der Waals surface area (Å²) in [7, 11) is 0. The fourth-order valence-corrected chi connectivity index (χ4v) is 1.34. The highest BCUT2D eigenvalue weighted by Gasteiger charge is 2.57. The number of Topliss-reactive ketones (excluding diaryl/α,β-unsaturated/α-hetero) is 4. The molecular formula is C10H12O4. The fraction of sp³-hybridized carbons (Fsp3) is 0.600. The normalized spacial score (nSPS) is 25.4. The van der Waals surface area contributed by atoms with Gasteiger partial charge in [-0.15, -0.1) is 0 Å². The van der Waals surface area contributed by atoms with Crippen LogP contribution in [0.25, 0.3) is 0 Å². The minimum Gasteiger partial charge on any atom is -0.290 e. The highest BCUT2D eigenvalue weighted by molar-refractivity contribution is 6.63. The number of carbonyl (C=O) groups is 4. The molecule has 0 bridgehead atoms. The van der Waals surface area contributed by atoms with Crippen LogP contribution in [-0.4, -0.2) is 23.1 Å². The van der Waals surface area contributed by atoms with Gasteiger partial charge in [-0.1, -0.05) is 0 Å². The first-order valence-corrected chi connectivity index (χ1v) is 4.32. The Balaban J connectivity index is 3.36.